The topological polar surface area (TPSA) is 108 Å². The van der Waals surface area contributed by atoms with E-state index in [0.29, 0.717) is 28.2 Å². The van der Waals surface area contributed by atoms with Gasteiger partial charge in [-0.05, 0) is 54.4 Å². The minimum absolute atomic E-state index is 0.0424. The van der Waals surface area contributed by atoms with Gasteiger partial charge in [0, 0.05) is 22.6 Å². The Morgan fingerprint density at radius 1 is 1.00 bits per heavy atom. The number of furan rings is 1. The summed E-state index contributed by atoms with van der Waals surface area (Å²) in [5.74, 6) is -0.260. The van der Waals surface area contributed by atoms with Crippen LogP contribution >= 0.6 is 0 Å². The van der Waals surface area contributed by atoms with Crippen molar-refractivity contribution < 1.29 is 27.8 Å². The number of ether oxygens (including phenoxy) is 3. The molecule has 2 heterocycles. The summed E-state index contributed by atoms with van der Waals surface area (Å²) >= 11 is 0. The average molecular weight is 547 g/mol. The number of nitrogens with zero attached hydrogens (tertiary/aromatic N) is 1. The first-order valence-electron chi connectivity index (χ1n) is 12.8. The third kappa shape index (κ3) is 4.97. The van der Waals surface area contributed by atoms with Gasteiger partial charge < -0.3 is 24.4 Å². The molecular weight excluding hydrogens is 523 g/mol. The zero-order valence-electron chi connectivity index (χ0n) is 21.9. The van der Waals surface area contributed by atoms with Crippen molar-refractivity contribution in [3.63, 3.8) is 0 Å². The van der Waals surface area contributed by atoms with Crippen molar-refractivity contribution in [3.05, 3.63) is 136 Å². The van der Waals surface area contributed by atoms with Crippen LogP contribution in [0.5, 0.6) is 17.2 Å². The summed E-state index contributed by atoms with van der Waals surface area (Å²) in [7, 11) is 0. The number of halogens is 1. The number of carbonyl (C=O) groups is 1. The Kier molecular flexibility index (Phi) is 6.62. The Hall–Kier alpha value is -5.55. The van der Waals surface area contributed by atoms with E-state index < -0.39 is 11.9 Å². The van der Waals surface area contributed by atoms with Crippen LogP contribution in [0.25, 0.3) is 11.0 Å². The first kappa shape index (κ1) is 25.7. The van der Waals surface area contributed by atoms with Gasteiger partial charge in [0.05, 0.1) is 5.92 Å². The lowest BCUT2D eigenvalue weighted by Crippen LogP contribution is -2.21. The number of aryl methyl sites for hydroxylation is 1. The minimum Gasteiger partial charge on any atom is -0.489 e. The Labute approximate surface area is 234 Å². The smallest absolute Gasteiger partial charge is 0.379 e. The molecule has 4 aromatic carbocycles. The summed E-state index contributed by atoms with van der Waals surface area (Å²) in [6.07, 6.45) is 0. The molecule has 0 aliphatic carbocycles. The molecule has 1 aliphatic rings. The number of hydrogen-bond acceptors (Lipinski definition) is 7. The van der Waals surface area contributed by atoms with Gasteiger partial charge in [0.15, 0.2) is 0 Å². The average Bonchev–Trinajstić information content (AvgIpc) is 3.32. The highest BCUT2D eigenvalue weighted by Crippen LogP contribution is 2.44. The standard InChI is InChI=1S/C33H23FN2O5/c1-19-25-7-2-3-8-28(25)40-31(19)33(37)39-24-13-14-26-29(16-24)41-32(36)27(17-35)30(26)21-5-4-6-23(15-21)38-18-20-9-11-22(34)12-10-20/h2-16,30H,18,36H2,1H3. The number of para-hydroxylation sites is 1. The summed E-state index contributed by atoms with van der Waals surface area (Å²) in [6, 6.07) is 27.9. The third-order valence-electron chi connectivity index (χ3n) is 6.94. The molecule has 2 N–H and O–H groups in total. The van der Waals surface area contributed by atoms with Crippen LogP contribution in [-0.2, 0) is 6.61 Å². The van der Waals surface area contributed by atoms with E-state index >= 15 is 0 Å². The maximum Gasteiger partial charge on any atom is 0.379 e. The van der Waals surface area contributed by atoms with Crippen LogP contribution in [0.3, 0.4) is 0 Å². The van der Waals surface area contributed by atoms with E-state index in [1.807, 2.05) is 36.4 Å². The Morgan fingerprint density at radius 3 is 2.59 bits per heavy atom. The fourth-order valence-electron chi connectivity index (χ4n) is 4.90. The molecule has 1 aromatic heterocycles. The highest BCUT2D eigenvalue weighted by molar-refractivity contribution is 5.96. The van der Waals surface area contributed by atoms with E-state index in [4.69, 9.17) is 24.4 Å². The Balaban J connectivity index is 1.27. The number of fused-ring (bicyclic) bond motifs is 2. The lowest BCUT2D eigenvalue weighted by atomic mass is 9.83. The van der Waals surface area contributed by atoms with Crippen molar-refractivity contribution in [1.29, 1.82) is 5.26 Å². The van der Waals surface area contributed by atoms with E-state index in [-0.39, 0.29) is 35.4 Å². The normalized spacial score (nSPS) is 14.2. The molecular formula is C33H23FN2O5. The molecule has 0 fully saturated rings. The summed E-state index contributed by atoms with van der Waals surface area (Å²) in [6.45, 7) is 2.05. The molecule has 6 rings (SSSR count). The van der Waals surface area contributed by atoms with Gasteiger partial charge in [0.1, 0.15) is 46.9 Å². The number of rotatable bonds is 6. The van der Waals surface area contributed by atoms with E-state index in [1.165, 1.54) is 12.1 Å². The number of hydrogen-bond donors (Lipinski definition) is 1. The maximum atomic E-state index is 13.2. The Morgan fingerprint density at radius 2 is 1.80 bits per heavy atom. The van der Waals surface area contributed by atoms with Crippen molar-refractivity contribution in [3.8, 4) is 23.3 Å². The lowest BCUT2D eigenvalue weighted by Gasteiger charge is -2.27. The fourth-order valence-corrected chi connectivity index (χ4v) is 4.90. The first-order valence-corrected chi connectivity index (χ1v) is 12.8. The molecule has 1 unspecified atom stereocenters. The van der Waals surface area contributed by atoms with Gasteiger partial charge in [-0.15, -0.1) is 0 Å². The first-order chi connectivity index (χ1) is 19.9. The van der Waals surface area contributed by atoms with Gasteiger partial charge >= 0.3 is 5.97 Å². The SMILES string of the molecule is Cc1c(C(=O)Oc2ccc3c(c2)OC(N)=C(C#N)C3c2cccc(OCc3ccc(F)cc3)c2)oc2ccccc12. The maximum absolute atomic E-state index is 13.2. The van der Waals surface area contributed by atoms with Crippen LogP contribution in [0.1, 0.15) is 38.7 Å². The van der Waals surface area contributed by atoms with Crippen molar-refractivity contribution in [1.82, 2.24) is 0 Å². The van der Waals surface area contributed by atoms with E-state index in [9.17, 15) is 14.4 Å². The van der Waals surface area contributed by atoms with Crippen LogP contribution < -0.4 is 19.9 Å². The van der Waals surface area contributed by atoms with Gasteiger partial charge in [-0.1, -0.05) is 48.5 Å². The van der Waals surface area contributed by atoms with Crippen molar-refractivity contribution in [2.45, 2.75) is 19.4 Å². The number of carbonyl (C=O) groups excluding carboxylic acids is 1. The minimum atomic E-state index is -0.641. The molecule has 41 heavy (non-hydrogen) atoms. The molecule has 8 heteroatoms. The van der Waals surface area contributed by atoms with Crippen LogP contribution in [-0.4, -0.2) is 5.97 Å². The monoisotopic (exact) mass is 546 g/mol. The van der Waals surface area contributed by atoms with E-state index in [2.05, 4.69) is 6.07 Å². The molecule has 0 amide bonds. The second kappa shape index (κ2) is 10.5. The van der Waals surface area contributed by atoms with Crippen molar-refractivity contribution in [2.75, 3.05) is 0 Å². The predicted octanol–water partition coefficient (Wildman–Crippen LogP) is 6.90. The van der Waals surface area contributed by atoms with Gasteiger partial charge in [-0.3, -0.25) is 0 Å². The zero-order valence-corrected chi connectivity index (χ0v) is 21.9. The van der Waals surface area contributed by atoms with Gasteiger partial charge in [-0.2, -0.15) is 5.26 Å². The van der Waals surface area contributed by atoms with Crippen LogP contribution in [0.4, 0.5) is 4.39 Å². The van der Waals surface area contributed by atoms with Gasteiger partial charge in [0.25, 0.3) is 0 Å². The molecule has 1 aliphatic heterocycles. The largest absolute Gasteiger partial charge is 0.489 e. The third-order valence-corrected chi connectivity index (χ3v) is 6.94. The summed E-state index contributed by atoms with van der Waals surface area (Å²) in [5, 5.41) is 10.8. The summed E-state index contributed by atoms with van der Waals surface area (Å²) in [5.41, 5.74) is 9.95. The number of benzene rings is 4. The molecule has 0 saturated heterocycles. The fraction of sp³-hybridized carbons (Fsp3) is 0.0909. The van der Waals surface area contributed by atoms with Crippen molar-refractivity contribution in [2.24, 2.45) is 5.73 Å². The quantitative estimate of drug-likeness (QED) is 0.182. The van der Waals surface area contributed by atoms with Gasteiger partial charge in [-0.25, -0.2) is 9.18 Å². The van der Waals surface area contributed by atoms with E-state index in [1.54, 1.807) is 49.4 Å². The van der Waals surface area contributed by atoms with Crippen LogP contribution in [0.15, 0.2) is 107 Å². The Bertz CT molecular complexity index is 1870. The number of nitrogens with two attached hydrogens (primary N) is 1. The lowest BCUT2D eigenvalue weighted by molar-refractivity contribution is 0.0702. The second-order valence-electron chi connectivity index (χ2n) is 9.55. The highest BCUT2D eigenvalue weighted by Gasteiger charge is 2.31. The molecule has 0 saturated carbocycles. The molecule has 5 aromatic rings. The molecule has 7 nitrogen and oxygen atoms in total. The summed E-state index contributed by atoms with van der Waals surface area (Å²) in [4.78, 5) is 13.0. The number of esters is 1. The second-order valence-corrected chi connectivity index (χ2v) is 9.55. The molecule has 0 spiro atoms. The van der Waals surface area contributed by atoms with E-state index in [0.717, 1.165) is 16.5 Å². The van der Waals surface area contributed by atoms with Crippen LogP contribution in [0.2, 0.25) is 0 Å². The zero-order chi connectivity index (χ0) is 28.5. The molecule has 0 radical (unpaired) electrons. The van der Waals surface area contributed by atoms with Crippen molar-refractivity contribution >= 4 is 16.9 Å². The number of allylic oxidation sites excluding steroid dienone is 1. The van der Waals surface area contributed by atoms with Crippen LogP contribution in [0, 0.1) is 24.1 Å². The molecule has 202 valence electrons. The predicted molar refractivity (Wildman–Crippen MR) is 149 cm³/mol. The number of nitriles is 1. The highest BCUT2D eigenvalue weighted by atomic mass is 19.1. The summed E-state index contributed by atoms with van der Waals surface area (Å²) < 4.78 is 36.3. The molecule has 1 atom stereocenters. The molecule has 0 bridgehead atoms. The van der Waals surface area contributed by atoms with Gasteiger partial charge in [0.2, 0.25) is 11.6 Å².